The fourth-order valence-corrected chi connectivity index (χ4v) is 2.79. The lowest BCUT2D eigenvalue weighted by atomic mass is 10.0. The van der Waals surface area contributed by atoms with Gasteiger partial charge in [-0.05, 0) is 35.4 Å². The number of rotatable bonds is 7. The first-order valence-corrected chi connectivity index (χ1v) is 7.62. The van der Waals surface area contributed by atoms with E-state index in [0.717, 1.165) is 28.0 Å². The molecule has 128 valence electrons. The molecule has 0 amide bonds. The smallest absolute Gasteiger partial charge is 0.293 e. The van der Waals surface area contributed by atoms with Gasteiger partial charge in [0.2, 0.25) is 0 Å². The van der Waals surface area contributed by atoms with Gasteiger partial charge in [0.15, 0.2) is 0 Å². The third-order valence-electron chi connectivity index (χ3n) is 3.98. The van der Waals surface area contributed by atoms with Crippen molar-refractivity contribution in [2.45, 2.75) is 6.42 Å². The Balaban J connectivity index is 2.09. The maximum Gasteiger partial charge on any atom is 0.293 e. The normalized spacial score (nSPS) is 10.6. The summed E-state index contributed by atoms with van der Waals surface area (Å²) >= 11 is 0. The second-order valence-corrected chi connectivity index (χ2v) is 5.42. The Bertz CT molecular complexity index is 915. The Kier molecular flexibility index (Phi) is 4.65. The highest BCUT2D eigenvalue weighted by Crippen LogP contribution is 2.35. The zero-order chi connectivity index (χ0) is 17.8. The minimum atomic E-state index is -0.414. The molecular weight excluding hydrogens is 324 g/mol. The van der Waals surface area contributed by atoms with Gasteiger partial charge in [0.1, 0.15) is 11.3 Å². The van der Waals surface area contributed by atoms with Crippen LogP contribution in [0, 0.1) is 10.1 Å². The number of fused-ring (bicyclic) bond motifs is 1. The molecular formula is C18H16N2O5. The average molecular weight is 340 g/mol. The number of nitrogens with zero attached hydrogens (tertiary/aromatic N) is 1. The average Bonchev–Trinajstić information content (AvgIpc) is 3.05. The van der Waals surface area contributed by atoms with E-state index in [4.69, 9.17) is 9.47 Å². The molecule has 0 aliphatic rings. The standard InChI is InChI=1S/C18H16N2O5/c1-24-14-4-2-12(3-5-14)15-6-7-17(20(22)23)18-16(15)10-13(19-18)8-9-25-11-21/h2-7,10-11,19H,8-9H2,1H3. The van der Waals surface area contributed by atoms with E-state index in [9.17, 15) is 14.9 Å². The number of nitrogens with one attached hydrogen (secondary N) is 1. The first kappa shape index (κ1) is 16.5. The molecule has 0 spiro atoms. The Morgan fingerprint density at radius 2 is 1.96 bits per heavy atom. The highest BCUT2D eigenvalue weighted by atomic mass is 16.6. The fraction of sp³-hybridized carbons (Fsp3) is 0.167. The van der Waals surface area contributed by atoms with Crippen molar-refractivity contribution in [3.05, 3.63) is 58.3 Å². The third kappa shape index (κ3) is 3.30. The number of benzene rings is 2. The fourth-order valence-electron chi connectivity index (χ4n) is 2.79. The van der Waals surface area contributed by atoms with E-state index in [0.29, 0.717) is 18.4 Å². The number of hydrogen-bond donors (Lipinski definition) is 1. The lowest BCUT2D eigenvalue weighted by Gasteiger charge is -2.06. The molecule has 0 radical (unpaired) electrons. The van der Waals surface area contributed by atoms with Gasteiger partial charge in [-0.3, -0.25) is 14.9 Å². The third-order valence-corrected chi connectivity index (χ3v) is 3.98. The first-order valence-electron chi connectivity index (χ1n) is 7.62. The molecule has 3 rings (SSSR count). The maximum atomic E-state index is 11.3. The molecule has 1 heterocycles. The molecule has 0 atom stereocenters. The molecule has 0 saturated carbocycles. The Hall–Kier alpha value is -3.35. The highest BCUT2D eigenvalue weighted by molar-refractivity contribution is 6.00. The van der Waals surface area contributed by atoms with Crippen LogP contribution in [0.1, 0.15) is 5.69 Å². The van der Waals surface area contributed by atoms with Crippen LogP contribution in [0.3, 0.4) is 0 Å². The van der Waals surface area contributed by atoms with Gasteiger partial charge in [0.25, 0.3) is 12.2 Å². The molecule has 7 nitrogen and oxygen atoms in total. The predicted octanol–water partition coefficient (Wildman–Crippen LogP) is 3.47. The Labute approximate surface area is 143 Å². The van der Waals surface area contributed by atoms with E-state index in [1.165, 1.54) is 6.07 Å². The van der Waals surface area contributed by atoms with Gasteiger partial charge in [-0.25, -0.2) is 0 Å². The number of carbonyl (C=O) groups excluding carboxylic acids is 1. The topological polar surface area (TPSA) is 94.5 Å². The molecule has 0 fully saturated rings. The van der Waals surface area contributed by atoms with Crippen LogP contribution in [-0.4, -0.2) is 30.1 Å². The minimum absolute atomic E-state index is 0.00909. The zero-order valence-corrected chi connectivity index (χ0v) is 13.5. The molecule has 0 bridgehead atoms. The summed E-state index contributed by atoms with van der Waals surface area (Å²) in [6, 6.07) is 12.6. The van der Waals surface area contributed by atoms with Crippen molar-refractivity contribution in [1.29, 1.82) is 0 Å². The van der Waals surface area contributed by atoms with E-state index in [1.54, 1.807) is 13.2 Å². The first-order chi connectivity index (χ1) is 12.1. The lowest BCUT2D eigenvalue weighted by molar-refractivity contribution is -0.383. The molecule has 3 aromatic rings. The minimum Gasteiger partial charge on any atom is -0.497 e. The number of H-pyrrole nitrogens is 1. The van der Waals surface area contributed by atoms with Crippen LogP contribution in [0.25, 0.3) is 22.0 Å². The number of methoxy groups -OCH3 is 1. The summed E-state index contributed by atoms with van der Waals surface area (Å²) in [5, 5.41) is 12.1. The van der Waals surface area contributed by atoms with Crippen molar-refractivity contribution in [2.24, 2.45) is 0 Å². The van der Waals surface area contributed by atoms with Crippen LogP contribution < -0.4 is 4.74 Å². The summed E-state index contributed by atoms with van der Waals surface area (Å²) in [4.78, 5) is 24.2. The molecule has 0 aliphatic carbocycles. The highest BCUT2D eigenvalue weighted by Gasteiger charge is 2.18. The lowest BCUT2D eigenvalue weighted by Crippen LogP contribution is -1.96. The summed E-state index contributed by atoms with van der Waals surface area (Å²) in [6.45, 7) is 0.593. The number of aromatic amines is 1. The van der Waals surface area contributed by atoms with E-state index < -0.39 is 4.92 Å². The van der Waals surface area contributed by atoms with E-state index >= 15 is 0 Å². The van der Waals surface area contributed by atoms with Crippen LogP contribution in [-0.2, 0) is 16.0 Å². The number of non-ortho nitro benzene ring substituents is 1. The number of carbonyl (C=O) groups is 1. The molecule has 0 saturated heterocycles. The monoisotopic (exact) mass is 340 g/mol. The van der Waals surface area contributed by atoms with Crippen molar-refractivity contribution < 1.29 is 19.2 Å². The van der Waals surface area contributed by atoms with Crippen LogP contribution in [0.2, 0.25) is 0 Å². The summed E-state index contributed by atoms with van der Waals surface area (Å²) in [5.41, 5.74) is 3.03. The zero-order valence-electron chi connectivity index (χ0n) is 13.5. The summed E-state index contributed by atoms with van der Waals surface area (Å²) in [7, 11) is 1.60. The molecule has 0 unspecified atom stereocenters. The van der Waals surface area contributed by atoms with Gasteiger partial charge < -0.3 is 14.5 Å². The Morgan fingerprint density at radius 3 is 2.60 bits per heavy atom. The van der Waals surface area contributed by atoms with Crippen molar-refractivity contribution in [2.75, 3.05) is 13.7 Å². The van der Waals surface area contributed by atoms with E-state index in [1.807, 2.05) is 30.3 Å². The maximum absolute atomic E-state index is 11.3. The second-order valence-electron chi connectivity index (χ2n) is 5.42. The molecule has 2 aromatic carbocycles. The Morgan fingerprint density at radius 1 is 1.20 bits per heavy atom. The van der Waals surface area contributed by atoms with Gasteiger partial charge in [-0.15, -0.1) is 0 Å². The number of ether oxygens (including phenoxy) is 2. The number of nitro benzene ring substituents is 1. The number of nitro groups is 1. The van der Waals surface area contributed by atoms with Gasteiger partial charge in [0, 0.05) is 23.6 Å². The van der Waals surface area contributed by atoms with Crippen LogP contribution in [0.5, 0.6) is 5.75 Å². The summed E-state index contributed by atoms with van der Waals surface area (Å²) in [6.07, 6.45) is 0.451. The number of hydrogen-bond acceptors (Lipinski definition) is 5. The van der Waals surface area contributed by atoms with Crippen molar-refractivity contribution in [1.82, 2.24) is 4.98 Å². The van der Waals surface area contributed by atoms with Crippen molar-refractivity contribution in [3.63, 3.8) is 0 Å². The molecule has 1 N–H and O–H groups in total. The summed E-state index contributed by atoms with van der Waals surface area (Å²) in [5.74, 6) is 0.739. The largest absolute Gasteiger partial charge is 0.497 e. The second kappa shape index (κ2) is 7.04. The van der Waals surface area contributed by atoms with E-state index in [-0.39, 0.29) is 12.3 Å². The van der Waals surface area contributed by atoms with Crippen LogP contribution in [0.4, 0.5) is 5.69 Å². The van der Waals surface area contributed by atoms with Crippen LogP contribution in [0.15, 0.2) is 42.5 Å². The van der Waals surface area contributed by atoms with Crippen molar-refractivity contribution >= 4 is 23.1 Å². The number of aromatic nitrogens is 1. The quantitative estimate of drug-likeness (QED) is 0.307. The SMILES string of the molecule is COc1ccc(-c2ccc([N+](=O)[O-])c3[nH]c(CCOC=O)cc23)cc1. The van der Waals surface area contributed by atoms with Gasteiger partial charge in [-0.2, -0.15) is 0 Å². The van der Waals surface area contributed by atoms with Gasteiger partial charge in [-0.1, -0.05) is 12.1 Å². The van der Waals surface area contributed by atoms with Crippen molar-refractivity contribution in [3.8, 4) is 16.9 Å². The molecule has 25 heavy (non-hydrogen) atoms. The predicted molar refractivity (Wildman–Crippen MR) is 92.7 cm³/mol. The van der Waals surface area contributed by atoms with E-state index in [2.05, 4.69) is 4.98 Å². The molecule has 1 aromatic heterocycles. The molecule has 0 aliphatic heterocycles. The van der Waals surface area contributed by atoms with Gasteiger partial charge >= 0.3 is 0 Å². The molecule has 7 heteroatoms. The van der Waals surface area contributed by atoms with Crippen LogP contribution >= 0.6 is 0 Å². The van der Waals surface area contributed by atoms with Gasteiger partial charge in [0.05, 0.1) is 18.6 Å². The summed E-state index contributed by atoms with van der Waals surface area (Å²) < 4.78 is 9.87.